The standard InChI is InChI=1S/C17H31N5O2/c1-13(2)21-7-5-15(6-8-21)11-16(23)19-14(3)17-20-18-12-22(17)9-10-24-4/h12-15H,5-11H2,1-4H3,(H,19,23)/t14-/m0/s1. The summed E-state index contributed by atoms with van der Waals surface area (Å²) in [7, 11) is 1.67. The van der Waals surface area contributed by atoms with Gasteiger partial charge in [0, 0.05) is 26.1 Å². The van der Waals surface area contributed by atoms with Crippen LogP contribution in [0.2, 0.25) is 0 Å². The van der Waals surface area contributed by atoms with Crippen LogP contribution in [0.25, 0.3) is 0 Å². The van der Waals surface area contributed by atoms with Gasteiger partial charge >= 0.3 is 0 Å². The van der Waals surface area contributed by atoms with Gasteiger partial charge in [0.2, 0.25) is 5.91 Å². The second kappa shape index (κ2) is 9.13. The number of ether oxygens (including phenoxy) is 1. The molecule has 1 aliphatic rings. The fourth-order valence-electron chi connectivity index (χ4n) is 3.26. The Morgan fingerprint density at radius 2 is 2.08 bits per heavy atom. The van der Waals surface area contributed by atoms with Crippen LogP contribution in [-0.4, -0.2) is 58.4 Å². The zero-order valence-electron chi connectivity index (χ0n) is 15.4. The highest BCUT2D eigenvalue weighted by atomic mass is 16.5. The fourth-order valence-corrected chi connectivity index (χ4v) is 3.26. The number of likely N-dealkylation sites (tertiary alicyclic amines) is 1. The minimum atomic E-state index is -0.146. The molecule has 0 saturated carbocycles. The van der Waals surface area contributed by atoms with Gasteiger partial charge in [-0.25, -0.2) is 0 Å². The number of rotatable bonds is 8. The summed E-state index contributed by atoms with van der Waals surface area (Å²) in [6, 6.07) is 0.450. The van der Waals surface area contributed by atoms with Gasteiger partial charge in [0.25, 0.3) is 0 Å². The van der Waals surface area contributed by atoms with Gasteiger partial charge in [-0.2, -0.15) is 0 Å². The van der Waals surface area contributed by atoms with Crippen LogP contribution in [0.1, 0.15) is 51.9 Å². The zero-order valence-corrected chi connectivity index (χ0v) is 15.4. The Morgan fingerprint density at radius 3 is 2.71 bits per heavy atom. The first-order chi connectivity index (χ1) is 11.5. The average molecular weight is 337 g/mol. The normalized spacial score (nSPS) is 18.0. The first kappa shape index (κ1) is 18.9. The number of hydrogen-bond donors (Lipinski definition) is 1. The molecule has 7 heteroatoms. The Labute approximate surface area is 144 Å². The van der Waals surface area contributed by atoms with E-state index in [2.05, 4.69) is 34.3 Å². The molecule has 1 saturated heterocycles. The number of hydrogen-bond acceptors (Lipinski definition) is 5. The van der Waals surface area contributed by atoms with E-state index in [9.17, 15) is 4.79 Å². The largest absolute Gasteiger partial charge is 0.383 e. The van der Waals surface area contributed by atoms with Crippen molar-refractivity contribution in [2.45, 2.75) is 58.7 Å². The van der Waals surface area contributed by atoms with Gasteiger partial charge in [0.1, 0.15) is 6.33 Å². The van der Waals surface area contributed by atoms with Crippen molar-refractivity contribution < 1.29 is 9.53 Å². The maximum absolute atomic E-state index is 12.4. The number of carbonyl (C=O) groups excluding carboxylic acids is 1. The minimum Gasteiger partial charge on any atom is -0.383 e. The second-order valence-corrected chi connectivity index (χ2v) is 6.94. The summed E-state index contributed by atoms with van der Waals surface area (Å²) in [6.07, 6.45) is 4.48. The minimum absolute atomic E-state index is 0.104. The van der Waals surface area contributed by atoms with Gasteiger partial charge in [-0.05, 0) is 52.6 Å². The Bertz CT molecular complexity index is 509. The number of nitrogens with zero attached hydrogens (tertiary/aromatic N) is 4. The SMILES string of the molecule is COCCn1cnnc1[C@H](C)NC(=O)CC1CCN(C(C)C)CC1. The summed E-state index contributed by atoms with van der Waals surface area (Å²) in [5.74, 6) is 1.36. The quantitative estimate of drug-likeness (QED) is 0.780. The van der Waals surface area contributed by atoms with Crippen LogP contribution in [0.4, 0.5) is 0 Å². The highest BCUT2D eigenvalue weighted by molar-refractivity contribution is 5.76. The molecule has 0 radical (unpaired) electrons. The molecule has 0 aromatic carbocycles. The molecule has 7 nitrogen and oxygen atoms in total. The number of amides is 1. The van der Waals surface area contributed by atoms with Gasteiger partial charge < -0.3 is 19.5 Å². The van der Waals surface area contributed by atoms with Crippen LogP contribution < -0.4 is 5.32 Å². The molecule has 1 aliphatic heterocycles. The molecule has 1 amide bonds. The lowest BCUT2D eigenvalue weighted by atomic mass is 9.92. The highest BCUT2D eigenvalue weighted by Crippen LogP contribution is 2.22. The van der Waals surface area contributed by atoms with Crippen LogP contribution in [0.3, 0.4) is 0 Å². The lowest BCUT2D eigenvalue weighted by molar-refractivity contribution is -0.123. The van der Waals surface area contributed by atoms with Crippen molar-refractivity contribution in [3.8, 4) is 0 Å². The summed E-state index contributed by atoms with van der Waals surface area (Å²) in [6.45, 7) is 9.88. The average Bonchev–Trinajstić information content (AvgIpc) is 3.01. The van der Waals surface area contributed by atoms with Crippen LogP contribution in [-0.2, 0) is 16.1 Å². The molecule has 0 aliphatic carbocycles. The van der Waals surface area contributed by atoms with Crippen molar-refractivity contribution >= 4 is 5.91 Å². The third-order valence-electron chi connectivity index (χ3n) is 4.80. The number of carbonyl (C=O) groups is 1. The molecular formula is C17H31N5O2. The van der Waals surface area contributed by atoms with E-state index in [1.54, 1.807) is 13.4 Å². The predicted molar refractivity (Wildman–Crippen MR) is 92.5 cm³/mol. The number of aromatic nitrogens is 3. The van der Waals surface area contributed by atoms with E-state index in [1.165, 1.54) is 0 Å². The lowest BCUT2D eigenvalue weighted by Gasteiger charge is -2.34. The first-order valence-electron chi connectivity index (χ1n) is 8.91. The van der Waals surface area contributed by atoms with E-state index in [1.807, 2.05) is 11.5 Å². The van der Waals surface area contributed by atoms with Crippen LogP contribution in [0.5, 0.6) is 0 Å². The molecular weight excluding hydrogens is 306 g/mol. The van der Waals surface area contributed by atoms with Gasteiger partial charge in [-0.1, -0.05) is 0 Å². The summed E-state index contributed by atoms with van der Waals surface area (Å²) in [5.41, 5.74) is 0. The second-order valence-electron chi connectivity index (χ2n) is 6.94. The molecule has 0 bridgehead atoms. The topological polar surface area (TPSA) is 72.3 Å². The van der Waals surface area contributed by atoms with Gasteiger partial charge in [0.05, 0.1) is 12.6 Å². The van der Waals surface area contributed by atoms with Gasteiger partial charge in [0.15, 0.2) is 5.82 Å². The van der Waals surface area contributed by atoms with Crippen molar-refractivity contribution in [3.63, 3.8) is 0 Å². The molecule has 0 unspecified atom stereocenters. The molecule has 1 atom stereocenters. The molecule has 136 valence electrons. The molecule has 0 spiro atoms. The van der Waals surface area contributed by atoms with Gasteiger partial charge in [-0.3, -0.25) is 4.79 Å². The molecule has 1 fully saturated rings. The Balaban J connectivity index is 1.79. The molecule has 24 heavy (non-hydrogen) atoms. The van der Waals surface area contributed by atoms with Crippen LogP contribution in [0, 0.1) is 5.92 Å². The van der Waals surface area contributed by atoms with Crippen molar-refractivity contribution in [2.24, 2.45) is 5.92 Å². The number of nitrogens with one attached hydrogen (secondary N) is 1. The lowest BCUT2D eigenvalue weighted by Crippen LogP contribution is -2.40. The van der Waals surface area contributed by atoms with E-state index in [0.29, 0.717) is 31.5 Å². The molecule has 2 rings (SSSR count). The predicted octanol–water partition coefficient (Wildman–Crippen LogP) is 1.61. The molecule has 1 N–H and O–H groups in total. The third kappa shape index (κ3) is 5.27. The van der Waals surface area contributed by atoms with E-state index in [-0.39, 0.29) is 11.9 Å². The summed E-state index contributed by atoms with van der Waals surface area (Å²) in [5, 5.41) is 11.1. The number of piperidine rings is 1. The summed E-state index contributed by atoms with van der Waals surface area (Å²) in [4.78, 5) is 14.8. The Kier molecular flexibility index (Phi) is 7.17. The van der Waals surface area contributed by atoms with Crippen LogP contribution >= 0.6 is 0 Å². The van der Waals surface area contributed by atoms with E-state index >= 15 is 0 Å². The maximum Gasteiger partial charge on any atom is 0.220 e. The van der Waals surface area contributed by atoms with Crippen molar-refractivity contribution in [1.29, 1.82) is 0 Å². The summed E-state index contributed by atoms with van der Waals surface area (Å²) >= 11 is 0. The molecule has 1 aromatic rings. The van der Waals surface area contributed by atoms with E-state index in [0.717, 1.165) is 31.8 Å². The molecule has 1 aromatic heterocycles. The zero-order chi connectivity index (χ0) is 17.5. The van der Waals surface area contributed by atoms with E-state index < -0.39 is 0 Å². The van der Waals surface area contributed by atoms with Crippen LogP contribution in [0.15, 0.2) is 6.33 Å². The van der Waals surface area contributed by atoms with E-state index in [4.69, 9.17) is 4.74 Å². The summed E-state index contributed by atoms with van der Waals surface area (Å²) < 4.78 is 7.02. The van der Waals surface area contributed by atoms with Crippen molar-refractivity contribution in [1.82, 2.24) is 25.0 Å². The number of methoxy groups -OCH3 is 1. The molecule has 2 heterocycles. The van der Waals surface area contributed by atoms with Gasteiger partial charge in [-0.15, -0.1) is 10.2 Å². The first-order valence-corrected chi connectivity index (χ1v) is 8.91. The Hall–Kier alpha value is -1.47. The monoisotopic (exact) mass is 337 g/mol. The third-order valence-corrected chi connectivity index (χ3v) is 4.80. The fraction of sp³-hybridized carbons (Fsp3) is 0.824. The Morgan fingerprint density at radius 1 is 1.38 bits per heavy atom. The van der Waals surface area contributed by atoms with Crippen molar-refractivity contribution in [2.75, 3.05) is 26.8 Å². The smallest absolute Gasteiger partial charge is 0.220 e. The van der Waals surface area contributed by atoms with Crippen molar-refractivity contribution in [3.05, 3.63) is 12.2 Å². The maximum atomic E-state index is 12.4. The highest BCUT2D eigenvalue weighted by Gasteiger charge is 2.24.